The van der Waals surface area contributed by atoms with Crippen molar-refractivity contribution < 1.29 is 24.1 Å². The quantitative estimate of drug-likeness (QED) is 0.444. The van der Waals surface area contributed by atoms with E-state index in [-0.39, 0.29) is 19.7 Å². The van der Waals surface area contributed by atoms with Crippen molar-refractivity contribution in [1.82, 2.24) is 0 Å². The number of rotatable bonds is 6. The molecule has 0 heterocycles. The number of carboxylic acids is 1. The van der Waals surface area contributed by atoms with E-state index in [0.29, 0.717) is 0 Å². The van der Waals surface area contributed by atoms with Gasteiger partial charge in [0, 0.05) is 7.11 Å². The third kappa shape index (κ3) is 7.24. The normalized spacial score (nSPS) is 12.9. The Bertz CT molecular complexity index is 114. The van der Waals surface area contributed by atoms with Crippen LogP contribution in [0.4, 0.5) is 0 Å². The second-order valence-electron chi connectivity index (χ2n) is 1.83. The summed E-state index contributed by atoms with van der Waals surface area (Å²) in [6.45, 7) is 1.27. The molecule has 0 spiro atoms. The Morgan fingerprint density at radius 1 is 1.64 bits per heavy atom. The number of carbonyl (C=O) groups is 1. The third-order valence-electron chi connectivity index (χ3n) is 0.944. The molecule has 0 saturated heterocycles. The zero-order valence-electron chi connectivity index (χ0n) is 6.57. The molecule has 0 amide bonds. The lowest BCUT2D eigenvalue weighted by atomic mass is 10.7. The van der Waals surface area contributed by atoms with E-state index in [9.17, 15) is 4.79 Å². The van der Waals surface area contributed by atoms with E-state index in [1.807, 2.05) is 0 Å². The average molecular weight is 164 g/mol. The van der Waals surface area contributed by atoms with Crippen molar-refractivity contribution in [3.05, 3.63) is 0 Å². The predicted molar refractivity (Wildman–Crippen MR) is 36.0 cm³/mol. The second kappa shape index (κ2) is 6.09. The molecule has 0 aromatic rings. The van der Waals surface area contributed by atoms with Gasteiger partial charge in [-0.1, -0.05) is 0 Å². The highest BCUT2D eigenvalue weighted by atomic mass is 16.7. The van der Waals surface area contributed by atoms with Crippen molar-refractivity contribution in [1.29, 1.82) is 0 Å². The fourth-order valence-electron chi connectivity index (χ4n) is 0.341. The minimum absolute atomic E-state index is 0.0681. The first-order valence-corrected chi connectivity index (χ1v) is 3.10. The molecule has 0 saturated carbocycles. The van der Waals surface area contributed by atoms with Gasteiger partial charge in [-0.2, -0.15) is 0 Å². The molecule has 0 bridgehead atoms. The Morgan fingerprint density at radius 2 is 2.27 bits per heavy atom. The highest BCUT2D eigenvalue weighted by Crippen LogP contribution is 1.89. The van der Waals surface area contributed by atoms with Crippen LogP contribution in [0, 0.1) is 0 Å². The highest BCUT2D eigenvalue weighted by Gasteiger charge is 1.99. The first kappa shape index (κ1) is 10.3. The number of hydrogen-bond donors (Lipinski definition) is 1. The molecular formula is C6H12O5. The molecule has 0 radical (unpaired) electrons. The summed E-state index contributed by atoms with van der Waals surface area (Å²) in [6.07, 6.45) is -0.371. The monoisotopic (exact) mass is 164 g/mol. The molecule has 0 aliphatic rings. The van der Waals surface area contributed by atoms with Crippen LogP contribution in [0.3, 0.4) is 0 Å². The van der Waals surface area contributed by atoms with Crippen LogP contribution in [0.1, 0.15) is 6.92 Å². The fraction of sp³-hybridized carbons (Fsp3) is 0.833. The van der Waals surface area contributed by atoms with Crippen molar-refractivity contribution >= 4 is 5.97 Å². The van der Waals surface area contributed by atoms with Gasteiger partial charge in [0.05, 0.1) is 0 Å². The second-order valence-corrected chi connectivity index (χ2v) is 1.83. The van der Waals surface area contributed by atoms with E-state index in [1.165, 1.54) is 7.11 Å². The Kier molecular flexibility index (Phi) is 5.73. The van der Waals surface area contributed by atoms with Gasteiger partial charge in [0.1, 0.15) is 6.61 Å². The van der Waals surface area contributed by atoms with Gasteiger partial charge < -0.3 is 19.3 Å². The molecular weight excluding hydrogens is 152 g/mol. The molecule has 0 fully saturated rings. The smallest absolute Gasteiger partial charge is 0.329 e. The van der Waals surface area contributed by atoms with Crippen LogP contribution >= 0.6 is 0 Å². The molecule has 0 aromatic heterocycles. The van der Waals surface area contributed by atoms with Gasteiger partial charge in [-0.25, -0.2) is 4.79 Å². The first-order chi connectivity index (χ1) is 5.16. The van der Waals surface area contributed by atoms with Gasteiger partial charge in [-0.3, -0.25) is 0 Å². The first-order valence-electron chi connectivity index (χ1n) is 3.10. The van der Waals surface area contributed by atoms with Gasteiger partial charge >= 0.3 is 5.97 Å². The van der Waals surface area contributed by atoms with Crippen molar-refractivity contribution in [2.45, 2.75) is 13.2 Å². The van der Waals surface area contributed by atoms with Crippen LogP contribution < -0.4 is 0 Å². The molecule has 0 aromatic carbocycles. The van der Waals surface area contributed by atoms with Gasteiger partial charge in [0.25, 0.3) is 0 Å². The zero-order chi connectivity index (χ0) is 8.69. The van der Waals surface area contributed by atoms with Crippen LogP contribution in [-0.4, -0.2) is 37.9 Å². The summed E-state index contributed by atoms with van der Waals surface area (Å²) in [5.74, 6) is -1.02. The van der Waals surface area contributed by atoms with Crippen LogP contribution in [0.25, 0.3) is 0 Å². The Labute approximate surface area is 64.9 Å². The lowest BCUT2D eigenvalue weighted by Crippen LogP contribution is -2.15. The van der Waals surface area contributed by atoms with E-state index < -0.39 is 5.97 Å². The highest BCUT2D eigenvalue weighted by molar-refractivity contribution is 5.67. The maximum Gasteiger partial charge on any atom is 0.329 e. The van der Waals surface area contributed by atoms with Gasteiger partial charge in [0.15, 0.2) is 13.1 Å². The van der Waals surface area contributed by atoms with Crippen LogP contribution in [0.15, 0.2) is 0 Å². The molecule has 5 nitrogen and oxygen atoms in total. The minimum atomic E-state index is -1.02. The number of aliphatic carboxylic acids is 1. The zero-order valence-corrected chi connectivity index (χ0v) is 6.57. The summed E-state index contributed by atoms with van der Waals surface area (Å²) >= 11 is 0. The van der Waals surface area contributed by atoms with Crippen LogP contribution in [-0.2, 0) is 19.0 Å². The van der Waals surface area contributed by atoms with Crippen molar-refractivity contribution in [3.8, 4) is 0 Å². The lowest BCUT2D eigenvalue weighted by Gasteiger charge is -2.09. The SMILES string of the molecule is COC(C)OCOCC(=O)O. The molecule has 5 heteroatoms. The third-order valence-corrected chi connectivity index (χ3v) is 0.944. The van der Waals surface area contributed by atoms with E-state index >= 15 is 0 Å². The number of carboxylic acid groups (broad SMARTS) is 1. The largest absolute Gasteiger partial charge is 0.480 e. The molecule has 0 rings (SSSR count). The Balaban J connectivity index is 3.08. The number of hydrogen-bond acceptors (Lipinski definition) is 4. The summed E-state index contributed by atoms with van der Waals surface area (Å²) in [6, 6.07) is 0. The number of ether oxygens (including phenoxy) is 3. The number of methoxy groups -OCH3 is 1. The molecule has 1 N–H and O–H groups in total. The van der Waals surface area contributed by atoms with E-state index in [0.717, 1.165) is 0 Å². The van der Waals surface area contributed by atoms with E-state index in [1.54, 1.807) is 6.92 Å². The van der Waals surface area contributed by atoms with Crippen LogP contribution in [0.5, 0.6) is 0 Å². The van der Waals surface area contributed by atoms with Gasteiger partial charge in [-0.15, -0.1) is 0 Å². The summed E-state index contributed by atoms with van der Waals surface area (Å²) in [5.41, 5.74) is 0. The molecule has 66 valence electrons. The topological polar surface area (TPSA) is 65.0 Å². The predicted octanol–water partition coefficient (Wildman–Crippen LogP) is 0.0541. The van der Waals surface area contributed by atoms with Crippen molar-refractivity contribution in [2.75, 3.05) is 20.5 Å². The average Bonchev–Trinajstić information content (AvgIpc) is 1.97. The Morgan fingerprint density at radius 3 is 2.73 bits per heavy atom. The van der Waals surface area contributed by atoms with Crippen molar-refractivity contribution in [2.24, 2.45) is 0 Å². The van der Waals surface area contributed by atoms with Crippen molar-refractivity contribution in [3.63, 3.8) is 0 Å². The molecule has 1 unspecified atom stereocenters. The Hall–Kier alpha value is -0.650. The van der Waals surface area contributed by atoms with Gasteiger partial charge in [0.2, 0.25) is 0 Å². The summed E-state index contributed by atoms with van der Waals surface area (Å²) < 4.78 is 14.1. The lowest BCUT2D eigenvalue weighted by molar-refractivity contribution is -0.181. The maximum absolute atomic E-state index is 9.90. The minimum Gasteiger partial charge on any atom is -0.480 e. The summed E-state index contributed by atoms with van der Waals surface area (Å²) in [7, 11) is 1.49. The summed E-state index contributed by atoms with van der Waals surface area (Å²) in [4.78, 5) is 9.90. The fourth-order valence-corrected chi connectivity index (χ4v) is 0.341. The standard InChI is InChI=1S/C6H12O5/c1-5(9-2)11-4-10-3-6(7)8/h5H,3-4H2,1-2H3,(H,7,8). The van der Waals surface area contributed by atoms with Crippen LogP contribution in [0.2, 0.25) is 0 Å². The maximum atomic E-state index is 9.90. The molecule has 0 aliphatic heterocycles. The van der Waals surface area contributed by atoms with E-state index in [4.69, 9.17) is 14.6 Å². The van der Waals surface area contributed by atoms with Gasteiger partial charge in [-0.05, 0) is 6.92 Å². The summed E-state index contributed by atoms with van der Waals surface area (Å²) in [5, 5.41) is 8.12. The van der Waals surface area contributed by atoms with E-state index in [2.05, 4.69) is 4.74 Å². The molecule has 11 heavy (non-hydrogen) atoms. The molecule has 0 aliphatic carbocycles. The molecule has 1 atom stereocenters.